The lowest BCUT2D eigenvalue weighted by Gasteiger charge is -2.38. The molecule has 1 fully saturated rings. The third-order valence-electron chi connectivity index (χ3n) is 7.91. The van der Waals surface area contributed by atoms with Gasteiger partial charge in [0.15, 0.2) is 17.1 Å². The summed E-state index contributed by atoms with van der Waals surface area (Å²) in [5, 5.41) is 2.48. The minimum Gasteiger partial charge on any atom is -0.473 e. The molecule has 7 rings (SSSR count). The molecule has 1 atom stereocenters. The molecule has 0 saturated carbocycles. The zero-order valence-corrected chi connectivity index (χ0v) is 21.2. The summed E-state index contributed by atoms with van der Waals surface area (Å²) in [5.74, 6) is 2.42. The van der Waals surface area contributed by atoms with Gasteiger partial charge in [0.05, 0.1) is 0 Å². The van der Waals surface area contributed by atoms with Gasteiger partial charge in [0.1, 0.15) is 5.75 Å². The van der Waals surface area contributed by atoms with Gasteiger partial charge in [-0.3, -0.25) is 0 Å². The first-order chi connectivity index (χ1) is 18.1. The number of hydrogen-bond acceptors (Lipinski definition) is 5. The highest BCUT2D eigenvalue weighted by atomic mass is 16.7. The lowest BCUT2D eigenvalue weighted by Crippen LogP contribution is -2.44. The van der Waals surface area contributed by atoms with Crippen molar-refractivity contribution in [1.82, 2.24) is 4.90 Å². The number of piperazine rings is 1. The fourth-order valence-electron chi connectivity index (χ4n) is 5.73. The summed E-state index contributed by atoms with van der Waals surface area (Å²) in [6, 6.07) is 25.7. The molecule has 37 heavy (non-hydrogen) atoms. The zero-order chi connectivity index (χ0) is 25.0. The second-order valence-corrected chi connectivity index (χ2v) is 10.2. The predicted molar refractivity (Wildman–Crippen MR) is 148 cm³/mol. The van der Waals surface area contributed by atoms with Gasteiger partial charge in [0, 0.05) is 60.0 Å². The SMILES string of the molecule is Cc1ccc(C2(c3ccc4c(c3)OCO4)C=Cc3c(cc(N4CCN(C)CC4)c4ccccc34)O2)cc1. The Bertz CT molecular complexity index is 1520. The number of fused-ring (bicyclic) bond motifs is 4. The highest BCUT2D eigenvalue weighted by Crippen LogP contribution is 2.48. The minimum atomic E-state index is -0.788. The molecule has 0 aromatic heterocycles. The van der Waals surface area contributed by atoms with Crippen LogP contribution in [0.4, 0.5) is 5.69 Å². The van der Waals surface area contributed by atoms with Gasteiger partial charge >= 0.3 is 0 Å². The van der Waals surface area contributed by atoms with E-state index in [1.807, 2.05) is 6.07 Å². The number of benzene rings is 4. The largest absolute Gasteiger partial charge is 0.473 e. The normalized spacial score (nSPS) is 20.6. The topological polar surface area (TPSA) is 34.2 Å². The number of likely N-dealkylation sites (N-methyl/N-ethyl adjacent to an activating group) is 1. The highest BCUT2D eigenvalue weighted by Gasteiger charge is 2.39. The third-order valence-corrected chi connectivity index (χ3v) is 7.91. The number of rotatable bonds is 3. The molecular weight excluding hydrogens is 460 g/mol. The highest BCUT2D eigenvalue weighted by molar-refractivity contribution is 6.02. The van der Waals surface area contributed by atoms with Crippen LogP contribution < -0.4 is 19.1 Å². The molecule has 3 aliphatic rings. The maximum atomic E-state index is 7.13. The monoisotopic (exact) mass is 490 g/mol. The number of anilines is 1. The Kier molecular flexibility index (Phi) is 5.15. The molecule has 0 N–H and O–H groups in total. The van der Waals surface area contributed by atoms with Crippen molar-refractivity contribution in [2.75, 3.05) is 44.9 Å². The molecule has 0 radical (unpaired) electrons. The molecule has 1 saturated heterocycles. The van der Waals surface area contributed by atoms with Crippen LogP contribution in [0.1, 0.15) is 22.3 Å². The predicted octanol–water partition coefficient (Wildman–Crippen LogP) is 5.98. The zero-order valence-electron chi connectivity index (χ0n) is 21.2. The molecule has 186 valence electrons. The number of aryl methyl sites for hydroxylation is 1. The maximum Gasteiger partial charge on any atom is 0.231 e. The van der Waals surface area contributed by atoms with E-state index in [-0.39, 0.29) is 6.79 Å². The van der Waals surface area contributed by atoms with Crippen molar-refractivity contribution in [3.63, 3.8) is 0 Å². The molecule has 5 nitrogen and oxygen atoms in total. The third kappa shape index (κ3) is 3.65. The smallest absolute Gasteiger partial charge is 0.231 e. The van der Waals surface area contributed by atoms with Crippen molar-refractivity contribution in [2.45, 2.75) is 12.5 Å². The quantitative estimate of drug-likeness (QED) is 0.353. The Balaban J connectivity index is 1.41. The van der Waals surface area contributed by atoms with Crippen LogP contribution in [0, 0.1) is 6.92 Å². The second kappa shape index (κ2) is 8.56. The van der Waals surface area contributed by atoms with E-state index in [4.69, 9.17) is 14.2 Å². The van der Waals surface area contributed by atoms with Gasteiger partial charge in [-0.1, -0.05) is 60.2 Å². The van der Waals surface area contributed by atoms with Gasteiger partial charge in [-0.25, -0.2) is 0 Å². The van der Waals surface area contributed by atoms with Crippen LogP contribution in [-0.4, -0.2) is 44.9 Å². The Morgan fingerprint density at radius 3 is 2.27 bits per heavy atom. The molecule has 0 spiro atoms. The average molecular weight is 491 g/mol. The van der Waals surface area contributed by atoms with E-state index in [1.165, 1.54) is 22.0 Å². The van der Waals surface area contributed by atoms with Crippen molar-refractivity contribution in [3.05, 3.63) is 101 Å². The van der Waals surface area contributed by atoms with Crippen molar-refractivity contribution in [3.8, 4) is 17.2 Å². The Labute approximate surface area is 217 Å². The van der Waals surface area contributed by atoms with E-state index < -0.39 is 5.60 Å². The van der Waals surface area contributed by atoms with Crippen molar-refractivity contribution in [2.24, 2.45) is 0 Å². The van der Waals surface area contributed by atoms with Crippen LogP contribution in [0.15, 0.2) is 78.9 Å². The maximum absolute atomic E-state index is 7.13. The fraction of sp³-hybridized carbons (Fsp3) is 0.250. The average Bonchev–Trinajstić information content (AvgIpc) is 3.41. The standard InChI is InChI=1S/C32H30N2O3/c1-22-7-9-23(10-8-22)32(24-11-12-29-31(19-24)36-21-35-29)14-13-27-25-5-3-4-6-26(25)28(20-30(27)37-32)34-17-15-33(2)16-18-34/h3-14,19-20H,15-18,21H2,1-2H3. The molecule has 0 amide bonds. The summed E-state index contributed by atoms with van der Waals surface area (Å²) in [6.45, 7) is 6.46. The molecule has 5 heteroatoms. The molecule has 0 bridgehead atoms. The first kappa shape index (κ1) is 22.3. The van der Waals surface area contributed by atoms with Gasteiger partial charge in [0.25, 0.3) is 0 Å². The van der Waals surface area contributed by atoms with Crippen molar-refractivity contribution < 1.29 is 14.2 Å². The molecule has 1 unspecified atom stereocenters. The molecule has 3 heterocycles. The van der Waals surface area contributed by atoms with E-state index in [2.05, 4.69) is 103 Å². The van der Waals surface area contributed by atoms with Crippen molar-refractivity contribution in [1.29, 1.82) is 0 Å². The second-order valence-electron chi connectivity index (χ2n) is 10.2. The number of nitrogens with zero attached hydrogens (tertiary/aromatic N) is 2. The first-order valence-corrected chi connectivity index (χ1v) is 13.0. The number of hydrogen-bond donors (Lipinski definition) is 0. The van der Waals surface area contributed by atoms with Gasteiger partial charge in [-0.05, 0) is 43.6 Å². The number of ether oxygens (including phenoxy) is 3. The van der Waals surface area contributed by atoms with Crippen LogP contribution in [-0.2, 0) is 5.60 Å². The van der Waals surface area contributed by atoms with E-state index in [9.17, 15) is 0 Å². The summed E-state index contributed by atoms with van der Waals surface area (Å²) in [7, 11) is 2.19. The molecule has 4 aromatic rings. The lowest BCUT2D eigenvalue weighted by molar-refractivity contribution is 0.160. The van der Waals surface area contributed by atoms with Crippen LogP contribution in [0.5, 0.6) is 17.2 Å². The summed E-state index contributed by atoms with van der Waals surface area (Å²) >= 11 is 0. The Morgan fingerprint density at radius 2 is 1.46 bits per heavy atom. The molecular formula is C32H30N2O3. The molecule has 3 aliphatic heterocycles. The van der Waals surface area contributed by atoms with Gasteiger partial charge in [-0.15, -0.1) is 0 Å². The Morgan fingerprint density at radius 1 is 0.730 bits per heavy atom. The summed E-state index contributed by atoms with van der Waals surface area (Å²) in [5.41, 5.74) is 4.88. The van der Waals surface area contributed by atoms with Gasteiger partial charge in [-0.2, -0.15) is 0 Å². The fourth-order valence-corrected chi connectivity index (χ4v) is 5.73. The Hall–Kier alpha value is -3.96. The molecule has 4 aromatic carbocycles. The summed E-state index contributed by atoms with van der Waals surface area (Å²) in [6.07, 6.45) is 4.43. The summed E-state index contributed by atoms with van der Waals surface area (Å²) in [4.78, 5) is 4.89. The van der Waals surface area contributed by atoms with Crippen LogP contribution in [0.25, 0.3) is 16.8 Å². The van der Waals surface area contributed by atoms with Crippen molar-refractivity contribution >= 4 is 22.5 Å². The van der Waals surface area contributed by atoms with Crippen LogP contribution >= 0.6 is 0 Å². The van der Waals surface area contributed by atoms with E-state index in [0.29, 0.717) is 0 Å². The van der Waals surface area contributed by atoms with Gasteiger partial charge < -0.3 is 24.0 Å². The summed E-state index contributed by atoms with van der Waals surface area (Å²) < 4.78 is 18.5. The van der Waals surface area contributed by atoms with Gasteiger partial charge in [0.2, 0.25) is 6.79 Å². The minimum absolute atomic E-state index is 0.246. The molecule has 0 aliphatic carbocycles. The first-order valence-electron chi connectivity index (χ1n) is 13.0. The lowest BCUT2D eigenvalue weighted by atomic mass is 9.82. The van der Waals surface area contributed by atoms with E-state index >= 15 is 0 Å². The van der Waals surface area contributed by atoms with Crippen LogP contribution in [0.3, 0.4) is 0 Å². The van der Waals surface area contributed by atoms with Crippen LogP contribution in [0.2, 0.25) is 0 Å². The van der Waals surface area contributed by atoms with E-state index in [1.54, 1.807) is 0 Å². The van der Waals surface area contributed by atoms with E-state index in [0.717, 1.165) is 60.1 Å².